The number of aryl methyl sites for hydroxylation is 1. The van der Waals surface area contributed by atoms with Gasteiger partial charge >= 0.3 is 0 Å². The van der Waals surface area contributed by atoms with Crippen molar-refractivity contribution in [2.45, 2.75) is 23.8 Å². The second kappa shape index (κ2) is 5.44. The highest BCUT2D eigenvalue weighted by Crippen LogP contribution is 2.35. The number of primary sulfonamides is 1. The minimum Gasteiger partial charge on any atom is -0.378 e. The molecule has 0 bridgehead atoms. The third-order valence-electron chi connectivity index (χ3n) is 3.71. The van der Waals surface area contributed by atoms with Gasteiger partial charge in [0.1, 0.15) is 0 Å². The predicted molar refractivity (Wildman–Crippen MR) is 86.6 cm³/mol. The van der Waals surface area contributed by atoms with E-state index in [1.54, 1.807) is 12.1 Å². The van der Waals surface area contributed by atoms with Gasteiger partial charge in [-0.1, -0.05) is 22.0 Å². The molecule has 0 fully saturated rings. The van der Waals surface area contributed by atoms with Crippen molar-refractivity contribution < 1.29 is 8.42 Å². The third kappa shape index (κ3) is 3.12. The van der Waals surface area contributed by atoms with Crippen molar-refractivity contribution in [3.63, 3.8) is 0 Å². The molecular formula is C15H15BrN2O2S. The highest BCUT2D eigenvalue weighted by molar-refractivity contribution is 9.10. The number of anilines is 1. The summed E-state index contributed by atoms with van der Waals surface area (Å²) in [7, 11) is -3.63. The van der Waals surface area contributed by atoms with E-state index in [0.29, 0.717) is 0 Å². The zero-order valence-electron chi connectivity index (χ0n) is 11.2. The zero-order valence-corrected chi connectivity index (χ0v) is 13.6. The fourth-order valence-corrected chi connectivity index (χ4v) is 3.60. The molecule has 0 amide bonds. The van der Waals surface area contributed by atoms with Crippen LogP contribution in [0.4, 0.5) is 5.69 Å². The standard InChI is InChI=1S/C15H15BrN2O2S/c16-11-2-7-14-10(9-11)1-8-15(14)18-12-3-5-13(6-4-12)21(17,19)20/h2-7,9,15,18H,1,8H2,(H2,17,19,20). The van der Waals surface area contributed by atoms with Crippen molar-refractivity contribution in [3.8, 4) is 0 Å². The Bertz CT molecular complexity index is 773. The van der Waals surface area contributed by atoms with Gasteiger partial charge in [0.15, 0.2) is 0 Å². The molecule has 0 aromatic heterocycles. The average Bonchev–Trinajstić information content (AvgIpc) is 2.80. The number of hydrogen-bond donors (Lipinski definition) is 2. The van der Waals surface area contributed by atoms with Gasteiger partial charge < -0.3 is 5.32 Å². The van der Waals surface area contributed by atoms with E-state index in [9.17, 15) is 8.42 Å². The number of sulfonamides is 1. The summed E-state index contributed by atoms with van der Waals surface area (Å²) >= 11 is 3.49. The number of nitrogens with two attached hydrogens (primary N) is 1. The molecule has 3 N–H and O–H groups in total. The largest absolute Gasteiger partial charge is 0.378 e. The fraction of sp³-hybridized carbons (Fsp3) is 0.200. The molecule has 0 aliphatic heterocycles. The van der Waals surface area contributed by atoms with E-state index < -0.39 is 10.0 Å². The summed E-state index contributed by atoms with van der Waals surface area (Å²) in [6, 6.07) is 13.1. The van der Waals surface area contributed by atoms with Gasteiger partial charge in [0, 0.05) is 10.2 Å². The Labute approximate surface area is 132 Å². The molecule has 0 saturated carbocycles. The van der Waals surface area contributed by atoms with Gasteiger partial charge in [-0.2, -0.15) is 0 Å². The molecule has 1 unspecified atom stereocenters. The smallest absolute Gasteiger partial charge is 0.238 e. The number of hydrogen-bond acceptors (Lipinski definition) is 3. The van der Waals surface area contributed by atoms with Crippen molar-refractivity contribution in [3.05, 3.63) is 58.1 Å². The van der Waals surface area contributed by atoms with Crippen LogP contribution in [0.5, 0.6) is 0 Å². The predicted octanol–water partition coefficient (Wildman–Crippen LogP) is 3.20. The summed E-state index contributed by atoms with van der Waals surface area (Å²) in [5.41, 5.74) is 3.54. The van der Waals surface area contributed by atoms with Crippen molar-refractivity contribution in [1.29, 1.82) is 0 Å². The molecule has 2 aromatic carbocycles. The number of fused-ring (bicyclic) bond motifs is 1. The maximum Gasteiger partial charge on any atom is 0.238 e. The van der Waals surface area contributed by atoms with Crippen LogP contribution in [0.2, 0.25) is 0 Å². The lowest BCUT2D eigenvalue weighted by Gasteiger charge is -2.16. The number of halogens is 1. The van der Waals surface area contributed by atoms with E-state index in [-0.39, 0.29) is 10.9 Å². The number of nitrogens with one attached hydrogen (secondary N) is 1. The molecule has 4 nitrogen and oxygen atoms in total. The maximum absolute atomic E-state index is 11.2. The summed E-state index contributed by atoms with van der Waals surface area (Å²) in [5, 5.41) is 8.54. The summed E-state index contributed by atoms with van der Waals surface area (Å²) < 4.78 is 23.6. The minimum atomic E-state index is -3.63. The zero-order chi connectivity index (χ0) is 15.0. The minimum absolute atomic E-state index is 0.129. The Morgan fingerprint density at radius 1 is 1.14 bits per heavy atom. The van der Waals surface area contributed by atoms with Crippen LogP contribution in [0.3, 0.4) is 0 Å². The summed E-state index contributed by atoms with van der Waals surface area (Å²) in [5.74, 6) is 0. The normalized spacial score (nSPS) is 17.5. The fourth-order valence-electron chi connectivity index (χ4n) is 2.68. The summed E-state index contributed by atoms with van der Waals surface area (Å²) in [4.78, 5) is 0.129. The van der Waals surface area contributed by atoms with E-state index in [2.05, 4.69) is 33.4 Å². The Kier molecular flexibility index (Phi) is 3.77. The highest BCUT2D eigenvalue weighted by Gasteiger charge is 2.22. The lowest BCUT2D eigenvalue weighted by Crippen LogP contribution is -2.12. The maximum atomic E-state index is 11.2. The Hall–Kier alpha value is -1.37. The summed E-state index contributed by atoms with van der Waals surface area (Å²) in [6.45, 7) is 0. The van der Waals surface area contributed by atoms with Gasteiger partial charge in [0.2, 0.25) is 10.0 Å². The van der Waals surface area contributed by atoms with Crippen LogP contribution in [-0.2, 0) is 16.4 Å². The van der Waals surface area contributed by atoms with Gasteiger partial charge in [-0.25, -0.2) is 13.6 Å². The molecule has 6 heteroatoms. The van der Waals surface area contributed by atoms with Crippen LogP contribution in [0.1, 0.15) is 23.6 Å². The molecule has 0 saturated heterocycles. The van der Waals surface area contributed by atoms with Gasteiger partial charge in [-0.3, -0.25) is 0 Å². The molecule has 1 aliphatic carbocycles. The summed E-state index contributed by atoms with van der Waals surface area (Å²) in [6.07, 6.45) is 2.07. The first-order chi connectivity index (χ1) is 9.93. The third-order valence-corrected chi connectivity index (χ3v) is 5.13. The van der Waals surface area contributed by atoms with Gasteiger partial charge in [-0.05, 0) is 60.4 Å². The molecule has 1 atom stereocenters. The molecule has 21 heavy (non-hydrogen) atoms. The topological polar surface area (TPSA) is 72.2 Å². The number of rotatable bonds is 3. The van der Waals surface area contributed by atoms with Crippen LogP contribution in [0.15, 0.2) is 51.8 Å². The lowest BCUT2D eigenvalue weighted by molar-refractivity contribution is 0.598. The highest BCUT2D eigenvalue weighted by atomic mass is 79.9. The molecule has 1 aliphatic rings. The first-order valence-corrected chi connectivity index (χ1v) is 8.95. The first kappa shape index (κ1) is 14.6. The Balaban J connectivity index is 1.80. The van der Waals surface area contributed by atoms with Crippen LogP contribution < -0.4 is 10.5 Å². The monoisotopic (exact) mass is 366 g/mol. The first-order valence-electron chi connectivity index (χ1n) is 6.61. The van der Waals surface area contributed by atoms with Gasteiger partial charge in [0.25, 0.3) is 0 Å². The molecule has 0 radical (unpaired) electrons. The van der Waals surface area contributed by atoms with E-state index in [1.165, 1.54) is 23.3 Å². The SMILES string of the molecule is NS(=O)(=O)c1ccc(NC2CCc3cc(Br)ccc32)cc1. The van der Waals surface area contributed by atoms with Crippen LogP contribution in [0.25, 0.3) is 0 Å². The molecule has 3 rings (SSSR count). The van der Waals surface area contributed by atoms with E-state index in [4.69, 9.17) is 5.14 Å². The average molecular weight is 367 g/mol. The van der Waals surface area contributed by atoms with E-state index >= 15 is 0 Å². The van der Waals surface area contributed by atoms with Crippen LogP contribution in [0, 0.1) is 0 Å². The Morgan fingerprint density at radius 3 is 2.52 bits per heavy atom. The van der Waals surface area contributed by atoms with Crippen molar-refractivity contribution in [2.75, 3.05) is 5.32 Å². The van der Waals surface area contributed by atoms with Gasteiger partial charge in [-0.15, -0.1) is 0 Å². The van der Waals surface area contributed by atoms with Crippen molar-refractivity contribution in [1.82, 2.24) is 0 Å². The van der Waals surface area contributed by atoms with E-state index in [0.717, 1.165) is 23.0 Å². The molecule has 0 spiro atoms. The van der Waals surface area contributed by atoms with Crippen molar-refractivity contribution in [2.24, 2.45) is 5.14 Å². The van der Waals surface area contributed by atoms with Crippen LogP contribution >= 0.6 is 15.9 Å². The lowest BCUT2D eigenvalue weighted by atomic mass is 10.1. The van der Waals surface area contributed by atoms with Crippen LogP contribution in [-0.4, -0.2) is 8.42 Å². The molecule has 110 valence electrons. The molecule has 2 aromatic rings. The van der Waals surface area contributed by atoms with E-state index in [1.807, 2.05) is 6.07 Å². The second-order valence-electron chi connectivity index (χ2n) is 5.15. The Morgan fingerprint density at radius 2 is 1.86 bits per heavy atom. The molecular weight excluding hydrogens is 352 g/mol. The number of benzene rings is 2. The van der Waals surface area contributed by atoms with Gasteiger partial charge in [0.05, 0.1) is 10.9 Å². The van der Waals surface area contributed by atoms with Crippen molar-refractivity contribution >= 4 is 31.6 Å². The molecule has 0 heterocycles. The second-order valence-corrected chi connectivity index (χ2v) is 7.63. The quantitative estimate of drug-likeness (QED) is 0.875.